The maximum absolute atomic E-state index is 11.6. The number of hydrogen-bond donors (Lipinski definition) is 1. The van der Waals surface area contributed by atoms with E-state index in [1.165, 1.54) is 4.90 Å². The summed E-state index contributed by atoms with van der Waals surface area (Å²) in [7, 11) is 0. The Hall–Kier alpha value is -1.00. The molecule has 0 radical (unpaired) electrons. The molecule has 0 N–H and O–H groups in total. The Kier molecular flexibility index (Phi) is 13.3. The van der Waals surface area contributed by atoms with E-state index >= 15 is 0 Å². The van der Waals surface area contributed by atoms with Gasteiger partial charge in [0.1, 0.15) is 5.78 Å². The van der Waals surface area contributed by atoms with Crippen LogP contribution in [0.3, 0.4) is 0 Å². The van der Waals surface area contributed by atoms with Gasteiger partial charge in [-0.2, -0.15) is 12.6 Å². The summed E-state index contributed by atoms with van der Waals surface area (Å²) in [5.74, 6) is -0.111. The van der Waals surface area contributed by atoms with E-state index in [1.807, 2.05) is 13.8 Å². The van der Waals surface area contributed by atoms with Gasteiger partial charge in [-0.3, -0.25) is 19.3 Å². The standard InChI is InChI=1S/C19H33NO7S/c1-3-15(2)16(21)4-6-24-8-10-26-12-13-27-11-9-25-7-5-20-18(22)14-17(28)19(20)23/h15,17,28H,3-14H2,1-2H3. The lowest BCUT2D eigenvalue weighted by Gasteiger charge is -2.14. The van der Waals surface area contributed by atoms with Gasteiger partial charge >= 0.3 is 0 Å². The van der Waals surface area contributed by atoms with E-state index in [0.29, 0.717) is 52.7 Å². The number of nitrogens with zero attached hydrogens (tertiary/aromatic N) is 1. The molecule has 0 spiro atoms. The lowest BCUT2D eigenvalue weighted by Crippen LogP contribution is -2.34. The quantitative estimate of drug-likeness (QED) is 0.215. The van der Waals surface area contributed by atoms with Crippen LogP contribution in [0.25, 0.3) is 0 Å². The second-order valence-corrected chi connectivity index (χ2v) is 7.20. The van der Waals surface area contributed by atoms with Gasteiger partial charge in [-0.1, -0.05) is 13.8 Å². The van der Waals surface area contributed by atoms with Crippen LogP contribution in [-0.2, 0) is 33.3 Å². The van der Waals surface area contributed by atoms with Crippen LogP contribution >= 0.6 is 12.6 Å². The van der Waals surface area contributed by atoms with Gasteiger partial charge in [0.05, 0.1) is 64.6 Å². The highest BCUT2D eigenvalue weighted by atomic mass is 32.1. The minimum atomic E-state index is -0.520. The molecular formula is C19H33NO7S. The third kappa shape index (κ3) is 9.97. The van der Waals surface area contributed by atoms with Crippen LogP contribution < -0.4 is 0 Å². The van der Waals surface area contributed by atoms with Gasteiger partial charge in [-0.05, 0) is 6.42 Å². The molecule has 1 fully saturated rings. The molecule has 8 nitrogen and oxygen atoms in total. The molecule has 2 atom stereocenters. The highest BCUT2D eigenvalue weighted by Crippen LogP contribution is 2.17. The fourth-order valence-corrected chi connectivity index (χ4v) is 2.76. The van der Waals surface area contributed by atoms with E-state index in [9.17, 15) is 14.4 Å². The molecule has 1 heterocycles. The highest BCUT2D eigenvalue weighted by molar-refractivity contribution is 7.81. The molecule has 1 aliphatic rings. The molecule has 9 heteroatoms. The zero-order valence-electron chi connectivity index (χ0n) is 16.9. The van der Waals surface area contributed by atoms with Crippen molar-refractivity contribution in [2.45, 2.75) is 38.4 Å². The van der Waals surface area contributed by atoms with Crippen molar-refractivity contribution in [1.29, 1.82) is 0 Å². The second kappa shape index (κ2) is 14.9. The molecule has 0 aromatic rings. The Morgan fingerprint density at radius 1 is 1.00 bits per heavy atom. The summed E-state index contributed by atoms with van der Waals surface area (Å²) in [6.07, 6.45) is 1.47. The molecule has 1 saturated heterocycles. The maximum Gasteiger partial charge on any atom is 0.242 e. The minimum absolute atomic E-state index is 0.103. The Morgan fingerprint density at radius 2 is 1.50 bits per heavy atom. The van der Waals surface area contributed by atoms with Crippen LogP contribution in [0.2, 0.25) is 0 Å². The summed E-state index contributed by atoms with van der Waals surface area (Å²) < 4.78 is 21.5. The van der Waals surface area contributed by atoms with Gasteiger partial charge in [-0.25, -0.2) is 0 Å². The maximum atomic E-state index is 11.6. The van der Waals surface area contributed by atoms with E-state index in [4.69, 9.17) is 18.9 Å². The Labute approximate surface area is 172 Å². The molecule has 28 heavy (non-hydrogen) atoms. The zero-order chi connectivity index (χ0) is 20.8. The third-order valence-corrected chi connectivity index (χ3v) is 4.85. The van der Waals surface area contributed by atoms with Crippen LogP contribution in [0.4, 0.5) is 0 Å². The number of Topliss-reactive ketones (excluding diaryl/α,β-unsaturated/α-hetero) is 1. The minimum Gasteiger partial charge on any atom is -0.379 e. The summed E-state index contributed by atoms with van der Waals surface area (Å²) in [6, 6.07) is 0. The predicted molar refractivity (Wildman–Crippen MR) is 106 cm³/mol. The Bertz CT molecular complexity index is 489. The fourth-order valence-electron chi connectivity index (χ4n) is 2.47. The van der Waals surface area contributed by atoms with Crippen molar-refractivity contribution in [2.24, 2.45) is 5.92 Å². The number of likely N-dealkylation sites (tertiary alicyclic amines) is 1. The van der Waals surface area contributed by atoms with Gasteiger partial charge in [0.15, 0.2) is 0 Å². The molecule has 0 aromatic heterocycles. The number of carbonyl (C=O) groups is 3. The van der Waals surface area contributed by atoms with Crippen molar-refractivity contribution in [1.82, 2.24) is 4.90 Å². The number of ketones is 1. The number of hydrogen-bond acceptors (Lipinski definition) is 8. The van der Waals surface area contributed by atoms with E-state index in [0.717, 1.165) is 6.42 Å². The van der Waals surface area contributed by atoms with Crippen molar-refractivity contribution in [3.63, 3.8) is 0 Å². The van der Waals surface area contributed by atoms with Crippen molar-refractivity contribution in [3.05, 3.63) is 0 Å². The molecule has 2 amide bonds. The van der Waals surface area contributed by atoms with E-state index in [1.54, 1.807) is 0 Å². The monoisotopic (exact) mass is 419 g/mol. The van der Waals surface area contributed by atoms with Crippen molar-refractivity contribution in [2.75, 3.05) is 59.4 Å². The Morgan fingerprint density at radius 3 is 1.96 bits per heavy atom. The smallest absolute Gasteiger partial charge is 0.242 e. The molecule has 0 saturated carbocycles. The van der Waals surface area contributed by atoms with Crippen LogP contribution in [0.1, 0.15) is 33.1 Å². The normalized spacial score (nSPS) is 18.1. The molecular weight excluding hydrogens is 386 g/mol. The van der Waals surface area contributed by atoms with E-state index in [-0.39, 0.29) is 43.1 Å². The molecule has 0 aromatic carbocycles. The highest BCUT2D eigenvalue weighted by Gasteiger charge is 2.35. The van der Waals surface area contributed by atoms with Crippen LogP contribution in [0, 0.1) is 5.92 Å². The van der Waals surface area contributed by atoms with Gasteiger partial charge < -0.3 is 18.9 Å². The van der Waals surface area contributed by atoms with Gasteiger partial charge in [-0.15, -0.1) is 0 Å². The molecule has 1 rings (SSSR count). The summed E-state index contributed by atoms with van der Waals surface area (Å²) >= 11 is 4.06. The number of carbonyl (C=O) groups excluding carboxylic acids is 3. The summed E-state index contributed by atoms with van der Waals surface area (Å²) in [6.45, 7) is 7.52. The molecule has 0 bridgehead atoms. The number of amides is 2. The first-order valence-electron chi connectivity index (χ1n) is 9.83. The number of thiol groups is 1. The topological polar surface area (TPSA) is 91.4 Å². The van der Waals surface area contributed by atoms with Crippen LogP contribution in [-0.4, -0.2) is 87.1 Å². The van der Waals surface area contributed by atoms with Crippen LogP contribution in [0.5, 0.6) is 0 Å². The van der Waals surface area contributed by atoms with Gasteiger partial charge in [0.2, 0.25) is 11.8 Å². The lowest BCUT2D eigenvalue weighted by molar-refractivity contribution is -0.139. The molecule has 0 aliphatic carbocycles. The first-order valence-corrected chi connectivity index (χ1v) is 10.3. The van der Waals surface area contributed by atoms with Gasteiger partial charge in [0, 0.05) is 18.8 Å². The lowest BCUT2D eigenvalue weighted by atomic mass is 10.0. The molecule has 1 aliphatic heterocycles. The van der Waals surface area contributed by atoms with Crippen LogP contribution in [0.15, 0.2) is 0 Å². The summed E-state index contributed by atoms with van der Waals surface area (Å²) in [5, 5.41) is -0.520. The average molecular weight is 420 g/mol. The summed E-state index contributed by atoms with van der Waals surface area (Å²) in [4.78, 5) is 36.0. The number of ether oxygens (including phenoxy) is 4. The first-order chi connectivity index (χ1) is 13.5. The van der Waals surface area contributed by atoms with E-state index < -0.39 is 5.25 Å². The largest absolute Gasteiger partial charge is 0.379 e. The van der Waals surface area contributed by atoms with Crippen molar-refractivity contribution >= 4 is 30.2 Å². The number of imide groups is 1. The predicted octanol–water partition coefficient (Wildman–Crippen LogP) is 1.12. The molecule has 162 valence electrons. The van der Waals surface area contributed by atoms with Crippen molar-refractivity contribution in [3.8, 4) is 0 Å². The SMILES string of the molecule is CCC(C)C(=O)CCOCCOCCOCCOCCN1C(=O)CC(S)C1=O. The molecule has 2 unspecified atom stereocenters. The van der Waals surface area contributed by atoms with Crippen molar-refractivity contribution < 1.29 is 33.3 Å². The second-order valence-electron chi connectivity index (χ2n) is 6.58. The number of rotatable bonds is 17. The summed E-state index contributed by atoms with van der Waals surface area (Å²) in [5.41, 5.74) is 0. The zero-order valence-corrected chi connectivity index (χ0v) is 17.8. The van der Waals surface area contributed by atoms with Gasteiger partial charge in [0.25, 0.3) is 0 Å². The third-order valence-electron chi connectivity index (χ3n) is 4.45. The average Bonchev–Trinajstić information content (AvgIpc) is 2.92. The van der Waals surface area contributed by atoms with E-state index in [2.05, 4.69) is 12.6 Å². The fraction of sp³-hybridized carbons (Fsp3) is 0.842. The first kappa shape index (κ1) is 25.0. The Balaban J connectivity index is 1.82.